The first kappa shape index (κ1) is 10.3. The van der Waals surface area contributed by atoms with Crippen LogP contribution in [0.5, 0.6) is 0 Å². The molecule has 0 aliphatic carbocycles. The Bertz CT molecular complexity index is 318. The second kappa shape index (κ2) is 5.01. The maximum Gasteiger partial charge on any atom is 0.0366 e. The topological polar surface area (TPSA) is 3.24 Å². The minimum absolute atomic E-state index is 1.11. The lowest BCUT2D eigenvalue weighted by Crippen LogP contribution is -2.17. The van der Waals surface area contributed by atoms with E-state index in [0.29, 0.717) is 0 Å². The summed E-state index contributed by atoms with van der Waals surface area (Å²) in [6.45, 7) is 4.61. The fraction of sp³-hybridized carbons (Fsp3) is 0.429. The number of hydrogen-bond donors (Lipinski definition) is 0. The van der Waals surface area contributed by atoms with Crippen LogP contribution in [0.2, 0.25) is 0 Å². The van der Waals surface area contributed by atoms with Gasteiger partial charge in [0, 0.05) is 18.8 Å². The van der Waals surface area contributed by atoms with Crippen molar-refractivity contribution in [2.24, 2.45) is 0 Å². The molecule has 0 radical (unpaired) electrons. The van der Waals surface area contributed by atoms with Crippen LogP contribution in [0.4, 0.5) is 5.69 Å². The Morgan fingerprint density at radius 2 is 1.80 bits per heavy atom. The monoisotopic (exact) mass is 201 g/mol. The summed E-state index contributed by atoms with van der Waals surface area (Å²) in [6, 6.07) is 8.89. The van der Waals surface area contributed by atoms with Crippen LogP contribution in [0.25, 0.3) is 6.08 Å². The van der Waals surface area contributed by atoms with Gasteiger partial charge in [-0.2, -0.15) is 0 Å². The molecule has 0 amide bonds. The van der Waals surface area contributed by atoms with Crippen LogP contribution in [0.3, 0.4) is 0 Å². The first-order valence-electron chi connectivity index (χ1n) is 5.91. The van der Waals surface area contributed by atoms with Gasteiger partial charge >= 0.3 is 0 Å². The molecule has 2 rings (SSSR count). The van der Waals surface area contributed by atoms with Crippen LogP contribution in [0, 0.1) is 0 Å². The zero-order chi connectivity index (χ0) is 10.5. The Kier molecular flexibility index (Phi) is 3.44. The standard InChI is InChI=1S/C14H19N/c1-2-3-6-13-7-9-14(10-8-13)15-11-4-5-12-15/h3,6-10H,2,4-5,11-12H2,1H3. The van der Waals surface area contributed by atoms with E-state index in [4.69, 9.17) is 0 Å². The van der Waals surface area contributed by atoms with E-state index < -0.39 is 0 Å². The summed E-state index contributed by atoms with van der Waals surface area (Å²) in [7, 11) is 0. The summed E-state index contributed by atoms with van der Waals surface area (Å²) in [6.07, 6.45) is 8.18. The zero-order valence-corrected chi connectivity index (χ0v) is 9.45. The predicted molar refractivity (Wildman–Crippen MR) is 67.2 cm³/mol. The summed E-state index contributed by atoms with van der Waals surface area (Å²) in [5.74, 6) is 0. The average Bonchev–Trinajstić information content (AvgIpc) is 2.80. The van der Waals surface area contributed by atoms with Crippen LogP contribution < -0.4 is 4.90 Å². The zero-order valence-electron chi connectivity index (χ0n) is 9.45. The van der Waals surface area contributed by atoms with E-state index in [1.54, 1.807) is 0 Å². The third-order valence-electron chi connectivity index (χ3n) is 2.91. The van der Waals surface area contributed by atoms with Gasteiger partial charge in [0.05, 0.1) is 0 Å². The fourth-order valence-corrected chi connectivity index (χ4v) is 2.03. The van der Waals surface area contributed by atoms with Gasteiger partial charge in [0.1, 0.15) is 0 Å². The minimum atomic E-state index is 1.11. The van der Waals surface area contributed by atoms with Crippen LogP contribution >= 0.6 is 0 Å². The third kappa shape index (κ3) is 2.62. The number of anilines is 1. The predicted octanol–water partition coefficient (Wildman–Crippen LogP) is 3.71. The summed E-state index contributed by atoms with van der Waals surface area (Å²) in [5, 5.41) is 0. The molecule has 0 unspecified atom stereocenters. The Hall–Kier alpha value is -1.24. The maximum absolute atomic E-state index is 2.47. The molecule has 80 valence electrons. The lowest BCUT2D eigenvalue weighted by atomic mass is 10.2. The van der Waals surface area contributed by atoms with Gasteiger partial charge in [0.25, 0.3) is 0 Å². The molecule has 1 heterocycles. The van der Waals surface area contributed by atoms with E-state index in [1.807, 2.05) is 0 Å². The van der Waals surface area contributed by atoms with Crippen molar-refractivity contribution in [3.05, 3.63) is 35.9 Å². The molecule has 0 saturated carbocycles. The fourth-order valence-electron chi connectivity index (χ4n) is 2.03. The van der Waals surface area contributed by atoms with Gasteiger partial charge in [-0.15, -0.1) is 0 Å². The lowest BCUT2D eigenvalue weighted by molar-refractivity contribution is 0.949. The van der Waals surface area contributed by atoms with Crippen molar-refractivity contribution in [2.75, 3.05) is 18.0 Å². The Balaban J connectivity index is 2.06. The Morgan fingerprint density at radius 1 is 1.13 bits per heavy atom. The second-order valence-electron chi connectivity index (χ2n) is 4.10. The van der Waals surface area contributed by atoms with E-state index in [2.05, 4.69) is 48.2 Å². The molecule has 1 saturated heterocycles. The molecule has 1 aromatic rings. The highest BCUT2D eigenvalue weighted by Gasteiger charge is 2.11. The molecule has 0 N–H and O–H groups in total. The van der Waals surface area contributed by atoms with Gasteiger partial charge < -0.3 is 4.90 Å². The molecule has 15 heavy (non-hydrogen) atoms. The molecule has 0 bridgehead atoms. The summed E-state index contributed by atoms with van der Waals surface area (Å²) < 4.78 is 0. The second-order valence-corrected chi connectivity index (χ2v) is 4.10. The molecule has 1 heteroatoms. The van der Waals surface area contributed by atoms with Gasteiger partial charge in [0.15, 0.2) is 0 Å². The van der Waals surface area contributed by atoms with E-state index in [0.717, 1.165) is 6.42 Å². The molecule has 1 nitrogen and oxygen atoms in total. The molecule has 1 aromatic carbocycles. The summed E-state index contributed by atoms with van der Waals surface area (Å²) in [5.41, 5.74) is 2.68. The summed E-state index contributed by atoms with van der Waals surface area (Å²) in [4.78, 5) is 2.47. The largest absolute Gasteiger partial charge is 0.372 e. The highest BCUT2D eigenvalue weighted by atomic mass is 15.1. The van der Waals surface area contributed by atoms with Crippen molar-refractivity contribution in [1.29, 1.82) is 0 Å². The smallest absolute Gasteiger partial charge is 0.0366 e. The minimum Gasteiger partial charge on any atom is -0.372 e. The maximum atomic E-state index is 2.47. The number of nitrogens with zero attached hydrogens (tertiary/aromatic N) is 1. The number of allylic oxidation sites excluding steroid dienone is 1. The van der Waals surface area contributed by atoms with Crippen molar-refractivity contribution in [3.63, 3.8) is 0 Å². The first-order chi connectivity index (χ1) is 7.40. The van der Waals surface area contributed by atoms with Gasteiger partial charge in [-0.3, -0.25) is 0 Å². The quantitative estimate of drug-likeness (QED) is 0.720. The summed E-state index contributed by atoms with van der Waals surface area (Å²) >= 11 is 0. The normalized spacial score (nSPS) is 16.5. The first-order valence-corrected chi connectivity index (χ1v) is 5.91. The molecule has 1 fully saturated rings. The number of rotatable bonds is 3. The molecule has 0 aromatic heterocycles. The molecule has 0 spiro atoms. The number of hydrogen-bond acceptors (Lipinski definition) is 1. The third-order valence-corrected chi connectivity index (χ3v) is 2.91. The van der Waals surface area contributed by atoms with Gasteiger partial charge in [-0.1, -0.05) is 31.2 Å². The molecule has 0 atom stereocenters. The van der Waals surface area contributed by atoms with E-state index >= 15 is 0 Å². The van der Waals surface area contributed by atoms with E-state index in [-0.39, 0.29) is 0 Å². The molecule has 1 aliphatic rings. The molecule has 1 aliphatic heterocycles. The lowest BCUT2D eigenvalue weighted by Gasteiger charge is -2.17. The van der Waals surface area contributed by atoms with E-state index in [1.165, 1.54) is 37.2 Å². The Labute approximate surface area is 92.4 Å². The SMILES string of the molecule is CCC=Cc1ccc(N2CCCC2)cc1. The average molecular weight is 201 g/mol. The van der Waals surface area contributed by atoms with Crippen molar-refractivity contribution in [2.45, 2.75) is 26.2 Å². The van der Waals surface area contributed by atoms with Crippen molar-refractivity contribution in [3.8, 4) is 0 Å². The van der Waals surface area contributed by atoms with Gasteiger partial charge in [-0.25, -0.2) is 0 Å². The number of benzene rings is 1. The Morgan fingerprint density at radius 3 is 2.40 bits per heavy atom. The van der Waals surface area contributed by atoms with E-state index in [9.17, 15) is 0 Å². The highest BCUT2D eigenvalue weighted by Crippen LogP contribution is 2.20. The molecular weight excluding hydrogens is 182 g/mol. The van der Waals surface area contributed by atoms with Crippen molar-refractivity contribution >= 4 is 11.8 Å². The van der Waals surface area contributed by atoms with Crippen molar-refractivity contribution in [1.82, 2.24) is 0 Å². The highest BCUT2D eigenvalue weighted by molar-refractivity contribution is 5.56. The van der Waals surface area contributed by atoms with Gasteiger partial charge in [0.2, 0.25) is 0 Å². The van der Waals surface area contributed by atoms with Crippen LogP contribution in [-0.2, 0) is 0 Å². The van der Waals surface area contributed by atoms with Crippen LogP contribution in [-0.4, -0.2) is 13.1 Å². The van der Waals surface area contributed by atoms with Crippen LogP contribution in [0.1, 0.15) is 31.7 Å². The van der Waals surface area contributed by atoms with Crippen LogP contribution in [0.15, 0.2) is 30.3 Å². The van der Waals surface area contributed by atoms with Gasteiger partial charge in [-0.05, 0) is 37.0 Å². The van der Waals surface area contributed by atoms with Crippen molar-refractivity contribution < 1.29 is 0 Å². The molecular formula is C14H19N.